The molecular formula is C17H23N3O5. The summed E-state index contributed by atoms with van der Waals surface area (Å²) in [5.41, 5.74) is 5.70. The Kier molecular flexibility index (Phi) is 8.11. The Balaban J connectivity index is 2.54. The fourth-order valence-corrected chi connectivity index (χ4v) is 2.17. The summed E-state index contributed by atoms with van der Waals surface area (Å²) in [7, 11) is 0. The van der Waals surface area contributed by atoms with Crippen molar-refractivity contribution >= 4 is 23.7 Å². The Morgan fingerprint density at radius 1 is 1.16 bits per heavy atom. The topological polar surface area (TPSA) is 128 Å². The van der Waals surface area contributed by atoms with Crippen LogP contribution in [0.2, 0.25) is 0 Å². The van der Waals surface area contributed by atoms with Gasteiger partial charge in [-0.25, -0.2) is 0 Å². The monoisotopic (exact) mass is 349 g/mol. The molecule has 0 bridgehead atoms. The number of ether oxygens (including phenoxy) is 1. The number of rotatable bonds is 9. The quantitative estimate of drug-likeness (QED) is 0.540. The minimum Gasteiger partial charge on any atom is -0.466 e. The Hall–Kier alpha value is -2.90. The molecule has 0 aliphatic carbocycles. The lowest BCUT2D eigenvalue weighted by Crippen LogP contribution is -2.51. The lowest BCUT2D eigenvalue weighted by Gasteiger charge is -2.21. The van der Waals surface area contributed by atoms with Crippen LogP contribution in [0.4, 0.5) is 0 Å². The van der Waals surface area contributed by atoms with Crippen LogP contribution in [0.5, 0.6) is 0 Å². The summed E-state index contributed by atoms with van der Waals surface area (Å²) in [4.78, 5) is 46.9. The first kappa shape index (κ1) is 20.1. The van der Waals surface area contributed by atoms with Crippen LogP contribution >= 0.6 is 0 Å². The van der Waals surface area contributed by atoms with Gasteiger partial charge in [0.25, 0.3) is 5.91 Å². The molecule has 0 aromatic heterocycles. The van der Waals surface area contributed by atoms with E-state index in [2.05, 4.69) is 10.6 Å². The molecule has 3 amide bonds. The molecule has 8 nitrogen and oxygen atoms in total. The van der Waals surface area contributed by atoms with E-state index in [0.717, 1.165) is 0 Å². The summed E-state index contributed by atoms with van der Waals surface area (Å²) in [5.74, 6) is -2.77. The second-order valence-electron chi connectivity index (χ2n) is 5.48. The Morgan fingerprint density at radius 3 is 2.36 bits per heavy atom. The highest BCUT2D eigenvalue weighted by Crippen LogP contribution is 2.09. The van der Waals surface area contributed by atoms with E-state index in [-0.39, 0.29) is 19.6 Å². The molecular weight excluding hydrogens is 326 g/mol. The first-order valence-electron chi connectivity index (χ1n) is 7.92. The number of carbonyl (C=O) groups is 4. The van der Waals surface area contributed by atoms with Gasteiger partial charge in [-0.1, -0.05) is 25.1 Å². The minimum absolute atomic E-state index is 0.0574. The maximum Gasteiger partial charge on any atom is 0.306 e. The van der Waals surface area contributed by atoms with Crippen LogP contribution in [-0.2, 0) is 19.1 Å². The van der Waals surface area contributed by atoms with Crippen molar-refractivity contribution in [2.24, 2.45) is 11.7 Å². The van der Waals surface area contributed by atoms with Crippen molar-refractivity contribution in [3.05, 3.63) is 35.9 Å². The van der Waals surface area contributed by atoms with Crippen molar-refractivity contribution in [3.8, 4) is 0 Å². The molecule has 1 aromatic rings. The standard InChI is InChI=1S/C17H23N3O5/c1-3-25-14(22)9-11(2)15(16(18)23)20-13(21)10-19-17(24)12-7-5-4-6-8-12/h4-8,11,15H,3,9-10H2,1-2H3,(H2,18,23)(H,19,24)(H,20,21)/t11-,15-/m1/s1. The highest BCUT2D eigenvalue weighted by atomic mass is 16.5. The summed E-state index contributed by atoms with van der Waals surface area (Å²) in [6.45, 7) is 3.19. The number of carbonyl (C=O) groups excluding carboxylic acids is 4. The van der Waals surface area contributed by atoms with E-state index in [4.69, 9.17) is 10.5 Å². The maximum atomic E-state index is 12.0. The van der Waals surface area contributed by atoms with E-state index in [1.807, 2.05) is 0 Å². The van der Waals surface area contributed by atoms with Gasteiger partial charge in [0.05, 0.1) is 19.6 Å². The van der Waals surface area contributed by atoms with Crippen LogP contribution in [0.15, 0.2) is 30.3 Å². The van der Waals surface area contributed by atoms with Gasteiger partial charge in [-0.05, 0) is 25.0 Å². The summed E-state index contributed by atoms with van der Waals surface area (Å²) < 4.78 is 4.81. The van der Waals surface area contributed by atoms with Crippen molar-refractivity contribution in [2.45, 2.75) is 26.3 Å². The normalized spacial score (nSPS) is 12.6. The van der Waals surface area contributed by atoms with Gasteiger partial charge in [0.15, 0.2) is 0 Å². The second-order valence-corrected chi connectivity index (χ2v) is 5.48. The van der Waals surface area contributed by atoms with Crippen LogP contribution in [0.1, 0.15) is 30.6 Å². The van der Waals surface area contributed by atoms with E-state index in [1.54, 1.807) is 44.2 Å². The lowest BCUT2D eigenvalue weighted by molar-refractivity contribution is -0.144. The average Bonchev–Trinajstić information content (AvgIpc) is 2.58. The zero-order chi connectivity index (χ0) is 18.8. The number of nitrogens with one attached hydrogen (secondary N) is 2. The summed E-state index contributed by atoms with van der Waals surface area (Å²) in [6.07, 6.45) is -0.0574. The Labute approximate surface area is 146 Å². The maximum absolute atomic E-state index is 12.0. The fraction of sp³-hybridized carbons (Fsp3) is 0.412. The van der Waals surface area contributed by atoms with E-state index in [9.17, 15) is 19.2 Å². The van der Waals surface area contributed by atoms with E-state index in [0.29, 0.717) is 5.56 Å². The number of hydrogen-bond donors (Lipinski definition) is 3. The average molecular weight is 349 g/mol. The lowest BCUT2D eigenvalue weighted by atomic mass is 9.97. The third-order valence-corrected chi connectivity index (χ3v) is 3.43. The van der Waals surface area contributed by atoms with Crippen molar-refractivity contribution < 1.29 is 23.9 Å². The van der Waals surface area contributed by atoms with Gasteiger partial charge in [-0.15, -0.1) is 0 Å². The number of esters is 1. The summed E-state index contributed by atoms with van der Waals surface area (Å²) >= 11 is 0. The predicted octanol–water partition coefficient (Wildman–Crippen LogP) is -0.0242. The molecule has 0 radical (unpaired) electrons. The predicted molar refractivity (Wildman–Crippen MR) is 90.3 cm³/mol. The van der Waals surface area contributed by atoms with Crippen molar-refractivity contribution in [1.29, 1.82) is 0 Å². The Morgan fingerprint density at radius 2 is 1.80 bits per heavy atom. The zero-order valence-corrected chi connectivity index (χ0v) is 14.3. The third kappa shape index (κ3) is 7.03. The van der Waals surface area contributed by atoms with Crippen molar-refractivity contribution in [2.75, 3.05) is 13.2 Å². The molecule has 1 rings (SSSR count). The van der Waals surface area contributed by atoms with Crippen LogP contribution in [0, 0.1) is 5.92 Å². The van der Waals surface area contributed by atoms with Gasteiger partial charge in [-0.2, -0.15) is 0 Å². The van der Waals surface area contributed by atoms with Crippen LogP contribution in [0.3, 0.4) is 0 Å². The molecule has 25 heavy (non-hydrogen) atoms. The van der Waals surface area contributed by atoms with E-state index in [1.165, 1.54) is 0 Å². The van der Waals surface area contributed by atoms with Crippen LogP contribution < -0.4 is 16.4 Å². The SMILES string of the molecule is CCOC(=O)C[C@@H](C)[C@@H](NC(=O)CNC(=O)c1ccccc1)C(N)=O. The summed E-state index contributed by atoms with van der Waals surface area (Å²) in [5, 5.41) is 4.88. The second kappa shape index (κ2) is 10.1. The van der Waals surface area contributed by atoms with Crippen LogP contribution in [-0.4, -0.2) is 42.9 Å². The van der Waals surface area contributed by atoms with Gasteiger partial charge < -0.3 is 21.1 Å². The molecule has 4 N–H and O–H groups in total. The molecule has 0 spiro atoms. The number of hydrogen-bond acceptors (Lipinski definition) is 5. The van der Waals surface area contributed by atoms with Gasteiger partial charge in [0.1, 0.15) is 6.04 Å². The number of primary amides is 1. The zero-order valence-electron chi connectivity index (χ0n) is 14.3. The molecule has 0 aliphatic rings. The van der Waals surface area contributed by atoms with E-state index >= 15 is 0 Å². The molecule has 2 atom stereocenters. The first-order valence-corrected chi connectivity index (χ1v) is 7.92. The highest BCUT2D eigenvalue weighted by Gasteiger charge is 2.27. The molecule has 1 aromatic carbocycles. The van der Waals surface area contributed by atoms with Gasteiger partial charge in [0.2, 0.25) is 11.8 Å². The minimum atomic E-state index is -1.04. The number of amides is 3. The van der Waals surface area contributed by atoms with Gasteiger partial charge in [0, 0.05) is 5.56 Å². The molecule has 136 valence electrons. The smallest absolute Gasteiger partial charge is 0.306 e. The first-order chi connectivity index (χ1) is 11.8. The molecule has 8 heteroatoms. The summed E-state index contributed by atoms with van der Waals surface area (Å²) in [6, 6.07) is 7.36. The number of benzene rings is 1. The molecule has 0 unspecified atom stereocenters. The van der Waals surface area contributed by atoms with Gasteiger partial charge >= 0.3 is 5.97 Å². The van der Waals surface area contributed by atoms with Crippen molar-refractivity contribution in [1.82, 2.24) is 10.6 Å². The molecule has 0 saturated heterocycles. The van der Waals surface area contributed by atoms with Crippen LogP contribution in [0.25, 0.3) is 0 Å². The largest absolute Gasteiger partial charge is 0.466 e. The van der Waals surface area contributed by atoms with Gasteiger partial charge in [-0.3, -0.25) is 19.2 Å². The fourth-order valence-electron chi connectivity index (χ4n) is 2.17. The highest BCUT2D eigenvalue weighted by molar-refractivity contribution is 5.97. The molecule has 0 fully saturated rings. The number of nitrogens with two attached hydrogens (primary N) is 1. The molecule has 0 heterocycles. The molecule has 0 aliphatic heterocycles. The third-order valence-electron chi connectivity index (χ3n) is 3.43. The van der Waals surface area contributed by atoms with E-state index < -0.39 is 35.7 Å². The Bertz CT molecular complexity index is 618. The molecule has 0 saturated carbocycles. The van der Waals surface area contributed by atoms with Crippen molar-refractivity contribution in [3.63, 3.8) is 0 Å².